The van der Waals surface area contributed by atoms with E-state index in [-0.39, 0.29) is 17.0 Å². The van der Waals surface area contributed by atoms with E-state index in [4.69, 9.17) is 11.6 Å². The second-order valence-electron chi connectivity index (χ2n) is 7.09. The lowest BCUT2D eigenvalue weighted by Crippen LogP contribution is -2.54. The van der Waals surface area contributed by atoms with Gasteiger partial charge in [-0.3, -0.25) is 4.79 Å². The van der Waals surface area contributed by atoms with Crippen molar-refractivity contribution >= 4 is 45.2 Å². The lowest BCUT2D eigenvalue weighted by molar-refractivity contribution is 0.103. The predicted molar refractivity (Wildman–Crippen MR) is 100 cm³/mol. The minimum atomic E-state index is -0.247. The van der Waals surface area contributed by atoms with Crippen molar-refractivity contribution in [3.05, 3.63) is 37.4 Å². The van der Waals surface area contributed by atoms with Gasteiger partial charge in [-0.2, -0.15) is 5.26 Å². The topological polar surface area (TPSA) is 64.9 Å². The zero-order valence-electron chi connectivity index (χ0n) is 13.9. The van der Waals surface area contributed by atoms with E-state index in [1.54, 1.807) is 12.1 Å². The Balaban J connectivity index is 2.01. The molecule has 1 amide bonds. The van der Waals surface area contributed by atoms with Crippen LogP contribution in [-0.2, 0) is 12.0 Å². The molecule has 0 aromatic carbocycles. The van der Waals surface area contributed by atoms with Gasteiger partial charge in [0.2, 0.25) is 0 Å². The van der Waals surface area contributed by atoms with Gasteiger partial charge in [0.1, 0.15) is 11.1 Å². The Morgan fingerprint density at radius 2 is 2.04 bits per heavy atom. The molecule has 3 rings (SSSR count). The van der Waals surface area contributed by atoms with Gasteiger partial charge in [-0.25, -0.2) is 0 Å². The van der Waals surface area contributed by atoms with Crippen molar-refractivity contribution in [2.45, 2.75) is 45.2 Å². The maximum absolute atomic E-state index is 12.4. The Labute approximate surface area is 154 Å². The van der Waals surface area contributed by atoms with Gasteiger partial charge in [0.05, 0.1) is 14.8 Å². The average molecular weight is 380 g/mol. The van der Waals surface area contributed by atoms with E-state index in [0.29, 0.717) is 19.8 Å². The van der Waals surface area contributed by atoms with E-state index < -0.39 is 0 Å². The molecule has 0 saturated carbocycles. The molecule has 0 radical (unpaired) electrons. The van der Waals surface area contributed by atoms with Crippen molar-refractivity contribution in [1.82, 2.24) is 5.32 Å². The minimum Gasteiger partial charge on any atom is -0.312 e. The summed E-state index contributed by atoms with van der Waals surface area (Å²) < 4.78 is 0.568. The third kappa shape index (κ3) is 3.09. The Morgan fingerprint density at radius 3 is 2.62 bits per heavy atom. The number of thiophene rings is 2. The highest BCUT2D eigenvalue weighted by Crippen LogP contribution is 2.44. The number of nitriles is 1. The number of hydrogen-bond donors (Lipinski definition) is 2. The summed E-state index contributed by atoms with van der Waals surface area (Å²) >= 11 is 8.60. The fourth-order valence-corrected chi connectivity index (χ4v) is 5.50. The summed E-state index contributed by atoms with van der Waals surface area (Å²) in [5, 5.41) is 16.8. The van der Waals surface area contributed by atoms with Crippen LogP contribution < -0.4 is 10.6 Å². The molecule has 0 unspecified atom stereocenters. The van der Waals surface area contributed by atoms with E-state index in [2.05, 4.69) is 44.4 Å². The van der Waals surface area contributed by atoms with Crippen molar-refractivity contribution in [3.8, 4) is 6.07 Å². The van der Waals surface area contributed by atoms with Crippen molar-refractivity contribution in [3.63, 3.8) is 0 Å². The molecule has 0 atom stereocenters. The highest BCUT2D eigenvalue weighted by Gasteiger charge is 2.40. The molecule has 1 aliphatic rings. The maximum Gasteiger partial charge on any atom is 0.266 e. The van der Waals surface area contributed by atoms with Crippen molar-refractivity contribution < 1.29 is 4.79 Å². The SMILES string of the molecule is CC1(C)Cc2c(sc(NC(=O)c3ccc(Cl)s3)c2C#N)C(C)(C)N1. The molecule has 24 heavy (non-hydrogen) atoms. The van der Waals surface area contributed by atoms with Gasteiger partial charge >= 0.3 is 0 Å². The van der Waals surface area contributed by atoms with E-state index in [1.165, 1.54) is 22.7 Å². The Bertz CT molecular complexity index is 858. The molecule has 0 fully saturated rings. The summed E-state index contributed by atoms with van der Waals surface area (Å²) in [6.07, 6.45) is 0.756. The van der Waals surface area contributed by atoms with Crippen LogP contribution in [0.15, 0.2) is 12.1 Å². The monoisotopic (exact) mass is 379 g/mol. The van der Waals surface area contributed by atoms with Crippen LogP contribution in [0.1, 0.15) is 53.4 Å². The summed E-state index contributed by atoms with van der Waals surface area (Å²) in [6.45, 7) is 8.47. The normalized spacial score (nSPS) is 17.8. The molecule has 2 aromatic heterocycles. The molecule has 0 bridgehead atoms. The Kier molecular flexibility index (Phi) is 4.25. The highest BCUT2D eigenvalue weighted by molar-refractivity contribution is 7.18. The predicted octanol–water partition coefficient (Wildman–Crippen LogP) is 4.75. The van der Waals surface area contributed by atoms with E-state index >= 15 is 0 Å². The molecule has 0 aliphatic carbocycles. The molecule has 126 valence electrons. The van der Waals surface area contributed by atoms with Gasteiger partial charge in [0.15, 0.2) is 0 Å². The summed E-state index contributed by atoms with van der Waals surface area (Å²) in [4.78, 5) is 14.1. The van der Waals surface area contributed by atoms with E-state index in [1.807, 2.05) is 0 Å². The van der Waals surface area contributed by atoms with Crippen LogP contribution in [0, 0.1) is 11.3 Å². The molecule has 0 spiro atoms. The third-order valence-electron chi connectivity index (χ3n) is 3.98. The van der Waals surface area contributed by atoms with E-state index in [0.717, 1.165) is 16.9 Å². The van der Waals surface area contributed by atoms with E-state index in [9.17, 15) is 10.1 Å². The van der Waals surface area contributed by atoms with Gasteiger partial charge in [-0.15, -0.1) is 22.7 Å². The molecular formula is C17H18ClN3OS2. The van der Waals surface area contributed by atoms with Crippen LogP contribution in [0.5, 0.6) is 0 Å². The molecule has 1 aliphatic heterocycles. The van der Waals surface area contributed by atoms with Gasteiger partial charge in [-0.05, 0) is 51.8 Å². The summed E-state index contributed by atoms with van der Waals surface area (Å²) in [7, 11) is 0. The fourth-order valence-electron chi connectivity index (χ4n) is 3.33. The molecular weight excluding hydrogens is 362 g/mol. The number of carbonyl (C=O) groups is 1. The van der Waals surface area contributed by atoms with Crippen LogP contribution in [0.3, 0.4) is 0 Å². The number of carbonyl (C=O) groups excluding carboxylic acids is 1. The first-order valence-corrected chi connectivity index (χ1v) is 9.56. The summed E-state index contributed by atoms with van der Waals surface area (Å²) in [6, 6.07) is 5.67. The number of rotatable bonds is 2. The number of fused-ring (bicyclic) bond motifs is 1. The number of anilines is 1. The molecule has 0 saturated heterocycles. The summed E-state index contributed by atoms with van der Waals surface area (Å²) in [5.41, 5.74) is 1.26. The highest BCUT2D eigenvalue weighted by atomic mass is 35.5. The fraction of sp³-hybridized carbons (Fsp3) is 0.412. The standard InChI is InChI=1S/C17H18ClN3OS2/c1-16(2)7-9-10(8-19)15(24-13(9)17(3,4)21-16)20-14(22)11-5-6-12(18)23-11/h5-6,21H,7H2,1-4H3,(H,20,22). The lowest BCUT2D eigenvalue weighted by atomic mass is 9.81. The smallest absolute Gasteiger partial charge is 0.266 e. The first-order chi connectivity index (χ1) is 11.1. The van der Waals surface area contributed by atoms with Crippen LogP contribution in [0.2, 0.25) is 4.34 Å². The number of hydrogen-bond acceptors (Lipinski definition) is 5. The molecule has 3 heterocycles. The Hall–Kier alpha value is -1.39. The van der Waals surface area contributed by atoms with Gasteiger partial charge < -0.3 is 10.6 Å². The number of amides is 1. The van der Waals surface area contributed by atoms with Gasteiger partial charge in [-0.1, -0.05) is 11.6 Å². The summed E-state index contributed by atoms with van der Waals surface area (Å²) in [5.74, 6) is -0.230. The molecule has 7 heteroatoms. The first kappa shape index (κ1) is 17.4. The molecule has 4 nitrogen and oxygen atoms in total. The van der Waals surface area contributed by atoms with Crippen molar-refractivity contribution in [2.24, 2.45) is 0 Å². The number of nitrogens with one attached hydrogen (secondary N) is 2. The average Bonchev–Trinajstić information content (AvgIpc) is 3.01. The van der Waals surface area contributed by atoms with Crippen molar-refractivity contribution in [1.29, 1.82) is 5.26 Å². The second kappa shape index (κ2) is 5.85. The largest absolute Gasteiger partial charge is 0.312 e. The maximum atomic E-state index is 12.4. The number of nitrogens with zero attached hydrogens (tertiary/aromatic N) is 1. The van der Waals surface area contributed by atoms with Gasteiger partial charge in [0.25, 0.3) is 5.91 Å². The number of halogens is 1. The van der Waals surface area contributed by atoms with Crippen LogP contribution in [0.4, 0.5) is 5.00 Å². The lowest BCUT2D eigenvalue weighted by Gasteiger charge is -2.42. The van der Waals surface area contributed by atoms with Crippen LogP contribution in [0.25, 0.3) is 0 Å². The zero-order valence-corrected chi connectivity index (χ0v) is 16.3. The molecule has 2 N–H and O–H groups in total. The second-order valence-corrected chi connectivity index (χ2v) is 9.83. The zero-order chi connectivity index (χ0) is 17.7. The van der Waals surface area contributed by atoms with Crippen LogP contribution >= 0.6 is 34.3 Å². The Morgan fingerprint density at radius 1 is 1.33 bits per heavy atom. The first-order valence-electron chi connectivity index (χ1n) is 7.55. The van der Waals surface area contributed by atoms with Crippen molar-refractivity contribution in [2.75, 3.05) is 5.32 Å². The minimum absolute atomic E-state index is 0.105. The van der Waals surface area contributed by atoms with Crippen LogP contribution in [-0.4, -0.2) is 11.4 Å². The van der Waals surface area contributed by atoms with Gasteiger partial charge in [0, 0.05) is 16.0 Å². The third-order valence-corrected chi connectivity index (χ3v) is 6.68. The quantitative estimate of drug-likeness (QED) is 0.791. The molecule has 2 aromatic rings.